The summed E-state index contributed by atoms with van der Waals surface area (Å²) < 4.78 is 6.40. The molecule has 0 saturated heterocycles. The maximum atomic E-state index is 13.6. The molecule has 0 aliphatic carbocycles. The molecule has 3 aromatic rings. The van der Waals surface area contributed by atoms with Crippen LogP contribution in [0.1, 0.15) is 35.3 Å². The predicted octanol–water partition coefficient (Wildman–Crippen LogP) is 3.37. The molecule has 36 heavy (non-hydrogen) atoms. The fourth-order valence-electron chi connectivity index (χ4n) is 4.39. The number of amides is 1. The Morgan fingerprint density at radius 1 is 1.25 bits per heavy atom. The van der Waals surface area contributed by atoms with Crippen molar-refractivity contribution in [1.82, 2.24) is 19.8 Å². The van der Waals surface area contributed by atoms with Gasteiger partial charge in [-0.3, -0.25) is 14.7 Å². The Labute approximate surface area is 211 Å². The molecule has 0 radical (unpaired) electrons. The maximum absolute atomic E-state index is 13.6. The Balaban J connectivity index is 1.66. The van der Waals surface area contributed by atoms with E-state index in [1.165, 1.54) is 0 Å². The summed E-state index contributed by atoms with van der Waals surface area (Å²) in [6.45, 7) is 5.56. The second-order valence-corrected chi connectivity index (χ2v) is 9.45. The molecular weight excluding hydrogens is 454 g/mol. The molecule has 4 rings (SSSR count). The zero-order valence-corrected chi connectivity index (χ0v) is 20.8. The van der Waals surface area contributed by atoms with Gasteiger partial charge in [0.05, 0.1) is 24.3 Å². The maximum Gasteiger partial charge on any atom is 0.259 e. The molecule has 3 heterocycles. The smallest absolute Gasteiger partial charge is 0.259 e. The fourth-order valence-corrected chi connectivity index (χ4v) is 4.39. The molecule has 0 unspecified atom stereocenters. The van der Waals surface area contributed by atoms with Crippen molar-refractivity contribution in [2.75, 3.05) is 26.7 Å². The Morgan fingerprint density at radius 2 is 2.03 bits per heavy atom. The highest BCUT2D eigenvalue weighted by Crippen LogP contribution is 2.30. The lowest BCUT2D eigenvalue weighted by molar-refractivity contribution is 0.0325. The summed E-state index contributed by atoms with van der Waals surface area (Å²) in [5.41, 5.74) is 3.64. The summed E-state index contributed by atoms with van der Waals surface area (Å²) in [5, 5.41) is 19.0. The lowest BCUT2D eigenvalue weighted by Crippen LogP contribution is -2.49. The average Bonchev–Trinajstić information content (AvgIpc) is 2.90. The number of aliphatic hydroxyl groups excluding tert-OH is 1. The van der Waals surface area contributed by atoms with E-state index in [0.717, 1.165) is 16.7 Å². The van der Waals surface area contributed by atoms with Crippen molar-refractivity contribution in [3.05, 3.63) is 77.7 Å². The Kier molecular flexibility index (Phi) is 7.93. The summed E-state index contributed by atoms with van der Waals surface area (Å²) in [4.78, 5) is 26.3. The summed E-state index contributed by atoms with van der Waals surface area (Å²) >= 11 is 0. The zero-order chi connectivity index (χ0) is 25.7. The minimum Gasteiger partial charge on any atom is -0.472 e. The number of carbonyl (C=O) groups excluding carboxylic acids is 1. The largest absolute Gasteiger partial charge is 0.472 e. The number of rotatable bonds is 7. The van der Waals surface area contributed by atoms with Crippen LogP contribution in [0.2, 0.25) is 0 Å². The van der Waals surface area contributed by atoms with Gasteiger partial charge in [0.2, 0.25) is 5.88 Å². The molecular formula is C28H31N5O3. The van der Waals surface area contributed by atoms with Crippen molar-refractivity contribution in [2.45, 2.75) is 32.5 Å². The number of nitriles is 1. The molecule has 1 aromatic carbocycles. The van der Waals surface area contributed by atoms with E-state index < -0.39 is 0 Å². The van der Waals surface area contributed by atoms with Crippen LogP contribution in [-0.2, 0) is 6.54 Å². The van der Waals surface area contributed by atoms with Gasteiger partial charge in [-0.1, -0.05) is 25.1 Å². The second kappa shape index (κ2) is 11.3. The minimum atomic E-state index is -0.349. The molecule has 8 nitrogen and oxygen atoms in total. The van der Waals surface area contributed by atoms with Gasteiger partial charge in [0.15, 0.2) is 0 Å². The first-order chi connectivity index (χ1) is 17.4. The van der Waals surface area contributed by atoms with E-state index in [4.69, 9.17) is 10.00 Å². The number of fused-ring (bicyclic) bond motifs is 1. The lowest BCUT2D eigenvalue weighted by atomic mass is 9.99. The number of aromatic nitrogens is 2. The lowest BCUT2D eigenvalue weighted by Gasteiger charge is -2.37. The number of aliphatic hydroxyl groups is 1. The van der Waals surface area contributed by atoms with Crippen LogP contribution in [0.5, 0.6) is 5.88 Å². The molecule has 0 bridgehead atoms. The summed E-state index contributed by atoms with van der Waals surface area (Å²) in [7, 11) is 2.03. The van der Waals surface area contributed by atoms with E-state index in [1.807, 2.05) is 44.4 Å². The molecule has 0 saturated carbocycles. The standard InChI is InChI=1S/C28H31N5O3/c1-19-15-33(20(2)18-34)28(35)25-11-24(23-8-6-21(12-29)7-9-23)14-31-27(25)36-26(19)17-32(3)16-22-5-4-10-30-13-22/h4-11,13-14,19-20,26,34H,15-18H2,1-3H3/t19-,20+,26+/m0/s1. The van der Waals surface area contributed by atoms with Crippen LogP contribution in [0, 0.1) is 17.2 Å². The summed E-state index contributed by atoms with van der Waals surface area (Å²) in [5.74, 6) is 0.0786. The first-order valence-electron chi connectivity index (χ1n) is 12.1. The minimum absolute atomic E-state index is 0.00690. The quantitative estimate of drug-likeness (QED) is 0.547. The fraction of sp³-hybridized carbons (Fsp3) is 0.357. The van der Waals surface area contributed by atoms with Crippen molar-refractivity contribution in [3.63, 3.8) is 0 Å². The van der Waals surface area contributed by atoms with Crippen LogP contribution in [0.25, 0.3) is 11.1 Å². The van der Waals surface area contributed by atoms with Gasteiger partial charge in [0.1, 0.15) is 11.7 Å². The number of likely N-dealkylation sites (N-methyl/N-ethyl adjacent to an activating group) is 1. The highest BCUT2D eigenvalue weighted by atomic mass is 16.5. The first kappa shape index (κ1) is 25.3. The number of hydrogen-bond donors (Lipinski definition) is 1. The monoisotopic (exact) mass is 485 g/mol. The van der Waals surface area contributed by atoms with Gasteiger partial charge < -0.3 is 14.7 Å². The third-order valence-corrected chi connectivity index (χ3v) is 6.54. The molecule has 3 atom stereocenters. The van der Waals surface area contributed by atoms with Gasteiger partial charge >= 0.3 is 0 Å². The van der Waals surface area contributed by atoms with E-state index >= 15 is 0 Å². The van der Waals surface area contributed by atoms with Crippen LogP contribution in [-0.4, -0.2) is 69.7 Å². The molecule has 8 heteroatoms. The van der Waals surface area contributed by atoms with Gasteiger partial charge in [-0.15, -0.1) is 0 Å². The van der Waals surface area contributed by atoms with Crippen LogP contribution in [0.4, 0.5) is 0 Å². The van der Waals surface area contributed by atoms with Crippen LogP contribution < -0.4 is 4.74 Å². The zero-order valence-electron chi connectivity index (χ0n) is 20.8. The predicted molar refractivity (Wildman–Crippen MR) is 136 cm³/mol. The van der Waals surface area contributed by atoms with Crippen molar-refractivity contribution in [2.24, 2.45) is 5.92 Å². The van der Waals surface area contributed by atoms with Crippen molar-refractivity contribution >= 4 is 5.91 Å². The highest BCUT2D eigenvalue weighted by Gasteiger charge is 2.34. The highest BCUT2D eigenvalue weighted by molar-refractivity contribution is 5.98. The van der Waals surface area contributed by atoms with Crippen molar-refractivity contribution in [1.29, 1.82) is 5.26 Å². The third kappa shape index (κ3) is 5.70. The van der Waals surface area contributed by atoms with Crippen LogP contribution >= 0.6 is 0 Å². The Morgan fingerprint density at radius 3 is 2.69 bits per heavy atom. The molecule has 186 valence electrons. The van der Waals surface area contributed by atoms with Crippen molar-refractivity contribution < 1.29 is 14.6 Å². The number of nitrogens with zero attached hydrogens (tertiary/aromatic N) is 5. The normalized spacial score (nSPS) is 18.6. The number of pyridine rings is 2. The SMILES string of the molecule is C[C@H](CO)N1C[C@H](C)[C@@H](CN(C)Cc2cccnc2)Oc2ncc(-c3ccc(C#N)cc3)cc2C1=O. The van der Waals surface area contributed by atoms with Crippen LogP contribution in [0.15, 0.2) is 61.1 Å². The van der Waals surface area contributed by atoms with E-state index in [0.29, 0.717) is 36.6 Å². The molecule has 1 aliphatic heterocycles. The van der Waals surface area contributed by atoms with E-state index in [1.54, 1.807) is 35.5 Å². The van der Waals surface area contributed by atoms with Gasteiger partial charge in [-0.05, 0) is 49.4 Å². The average molecular weight is 486 g/mol. The summed E-state index contributed by atoms with van der Waals surface area (Å²) in [6, 6.07) is 14.7. The number of hydrogen-bond acceptors (Lipinski definition) is 7. The molecule has 1 amide bonds. The first-order valence-corrected chi connectivity index (χ1v) is 12.1. The Bertz CT molecular complexity index is 1230. The number of carbonyl (C=O) groups is 1. The molecule has 1 aliphatic rings. The molecule has 2 aromatic heterocycles. The number of ether oxygens (including phenoxy) is 1. The molecule has 0 fully saturated rings. The summed E-state index contributed by atoms with van der Waals surface area (Å²) in [6.07, 6.45) is 5.08. The van der Waals surface area contributed by atoms with E-state index in [9.17, 15) is 9.90 Å². The Hall–Kier alpha value is -3.80. The van der Waals surface area contributed by atoms with Crippen LogP contribution in [0.3, 0.4) is 0 Å². The van der Waals surface area contributed by atoms with Crippen molar-refractivity contribution in [3.8, 4) is 23.1 Å². The third-order valence-electron chi connectivity index (χ3n) is 6.54. The molecule has 1 N–H and O–H groups in total. The number of benzene rings is 1. The molecule has 0 spiro atoms. The van der Waals surface area contributed by atoms with E-state index in [-0.39, 0.29) is 30.6 Å². The van der Waals surface area contributed by atoms with Gasteiger partial charge in [0.25, 0.3) is 5.91 Å². The van der Waals surface area contributed by atoms with Gasteiger partial charge in [0, 0.05) is 49.7 Å². The second-order valence-electron chi connectivity index (χ2n) is 9.45. The topological polar surface area (TPSA) is 103 Å². The van der Waals surface area contributed by atoms with E-state index in [2.05, 4.69) is 27.9 Å². The van der Waals surface area contributed by atoms with Gasteiger partial charge in [-0.2, -0.15) is 5.26 Å². The van der Waals surface area contributed by atoms with Gasteiger partial charge in [-0.25, -0.2) is 4.98 Å².